The molecule has 184 valence electrons. The summed E-state index contributed by atoms with van der Waals surface area (Å²) >= 11 is 5.62. The Hall–Kier alpha value is -3.03. The molecule has 1 fully saturated rings. The number of piperazine rings is 1. The molecule has 0 aromatic heterocycles. The second-order valence-electron chi connectivity index (χ2n) is 8.23. The molecule has 0 atom stereocenters. The molecule has 1 aliphatic rings. The van der Waals surface area contributed by atoms with Gasteiger partial charge >= 0.3 is 0 Å². The van der Waals surface area contributed by atoms with Gasteiger partial charge in [0.25, 0.3) is 5.91 Å². The summed E-state index contributed by atoms with van der Waals surface area (Å²) in [5.41, 5.74) is 2.99. The van der Waals surface area contributed by atoms with Gasteiger partial charge in [0.1, 0.15) is 18.2 Å². The highest BCUT2D eigenvalue weighted by Crippen LogP contribution is 2.35. The van der Waals surface area contributed by atoms with Crippen molar-refractivity contribution in [2.75, 3.05) is 38.2 Å². The number of ether oxygens (including phenoxy) is 2. The highest BCUT2D eigenvalue weighted by molar-refractivity contribution is 14.1. The minimum absolute atomic E-state index is 0.101. The number of nitriles is 1. The Labute approximate surface area is 233 Å². The van der Waals surface area contributed by atoms with E-state index in [1.54, 1.807) is 24.2 Å². The number of hydrogen-bond donors (Lipinski definition) is 0. The first kappa shape index (κ1) is 26.0. The summed E-state index contributed by atoms with van der Waals surface area (Å²) in [5.74, 6) is 0.918. The minimum Gasteiger partial charge on any atom is -0.493 e. The Morgan fingerprint density at radius 3 is 2.42 bits per heavy atom. The lowest BCUT2D eigenvalue weighted by atomic mass is 10.1. The smallest absolute Gasteiger partial charge is 0.264 e. The molecule has 0 aliphatic carbocycles. The number of carbonyl (C=O) groups is 1. The molecule has 0 radical (unpaired) electrons. The van der Waals surface area contributed by atoms with Gasteiger partial charge < -0.3 is 19.3 Å². The van der Waals surface area contributed by atoms with Crippen molar-refractivity contribution in [1.82, 2.24) is 4.90 Å². The van der Waals surface area contributed by atoms with E-state index in [0.29, 0.717) is 36.8 Å². The third-order valence-corrected chi connectivity index (χ3v) is 7.23. The number of anilines is 1. The first-order chi connectivity index (χ1) is 17.5. The molecule has 0 unspecified atom stereocenters. The maximum absolute atomic E-state index is 13.1. The lowest BCUT2D eigenvalue weighted by Gasteiger charge is -2.36. The van der Waals surface area contributed by atoms with Crippen molar-refractivity contribution in [2.24, 2.45) is 0 Å². The van der Waals surface area contributed by atoms with Crippen molar-refractivity contribution in [2.45, 2.75) is 6.61 Å². The summed E-state index contributed by atoms with van der Waals surface area (Å²) in [7, 11) is 1.58. The number of para-hydroxylation sites is 1. The molecule has 36 heavy (non-hydrogen) atoms. The Morgan fingerprint density at radius 2 is 1.78 bits per heavy atom. The molecular weight excluding hydrogens is 633 g/mol. The Morgan fingerprint density at radius 1 is 1.08 bits per heavy atom. The fourth-order valence-corrected chi connectivity index (χ4v) is 5.03. The number of rotatable bonds is 7. The van der Waals surface area contributed by atoms with E-state index in [2.05, 4.69) is 61.6 Å². The van der Waals surface area contributed by atoms with Crippen LogP contribution in [0.5, 0.6) is 11.5 Å². The van der Waals surface area contributed by atoms with E-state index < -0.39 is 0 Å². The molecule has 1 amide bonds. The summed E-state index contributed by atoms with van der Waals surface area (Å²) < 4.78 is 13.5. The van der Waals surface area contributed by atoms with Crippen molar-refractivity contribution in [3.63, 3.8) is 0 Å². The van der Waals surface area contributed by atoms with Gasteiger partial charge in [-0.25, -0.2) is 0 Å². The molecule has 0 saturated carbocycles. The monoisotopic (exact) mass is 657 g/mol. The number of benzene rings is 3. The molecule has 0 bridgehead atoms. The fourth-order valence-electron chi connectivity index (χ4n) is 3.98. The van der Waals surface area contributed by atoms with E-state index >= 15 is 0 Å². The number of carbonyl (C=O) groups excluding carboxylic acids is 1. The first-order valence-corrected chi connectivity index (χ1v) is 13.3. The zero-order chi connectivity index (χ0) is 25.5. The van der Waals surface area contributed by atoms with Crippen LogP contribution in [-0.4, -0.2) is 44.1 Å². The van der Waals surface area contributed by atoms with Crippen LogP contribution in [0.4, 0.5) is 5.69 Å². The van der Waals surface area contributed by atoms with Crippen LogP contribution in [0.15, 0.2) is 76.8 Å². The van der Waals surface area contributed by atoms with Gasteiger partial charge in [0, 0.05) is 36.3 Å². The highest BCUT2D eigenvalue weighted by atomic mass is 127. The molecule has 6 nitrogen and oxygen atoms in total. The van der Waals surface area contributed by atoms with Crippen LogP contribution in [0.3, 0.4) is 0 Å². The Balaban J connectivity index is 1.46. The van der Waals surface area contributed by atoms with E-state index in [1.807, 2.05) is 48.5 Å². The quantitative estimate of drug-likeness (QED) is 0.180. The Bertz CT molecular complexity index is 1280. The van der Waals surface area contributed by atoms with E-state index in [1.165, 1.54) is 0 Å². The lowest BCUT2D eigenvalue weighted by Crippen LogP contribution is -2.49. The van der Waals surface area contributed by atoms with Crippen LogP contribution in [0.25, 0.3) is 6.08 Å². The predicted octanol–water partition coefficient (Wildman–Crippen LogP) is 5.90. The van der Waals surface area contributed by atoms with Gasteiger partial charge in [-0.05, 0) is 76.2 Å². The maximum Gasteiger partial charge on any atom is 0.264 e. The topological polar surface area (TPSA) is 65.8 Å². The summed E-state index contributed by atoms with van der Waals surface area (Å²) in [6, 6.07) is 23.8. The number of amides is 1. The zero-order valence-electron chi connectivity index (χ0n) is 19.8. The lowest BCUT2D eigenvalue weighted by molar-refractivity contribution is -0.126. The van der Waals surface area contributed by atoms with Gasteiger partial charge in [0.05, 0.1) is 10.7 Å². The van der Waals surface area contributed by atoms with Gasteiger partial charge in [-0.3, -0.25) is 4.79 Å². The number of hydrogen-bond acceptors (Lipinski definition) is 5. The second kappa shape index (κ2) is 12.3. The van der Waals surface area contributed by atoms with Crippen molar-refractivity contribution < 1.29 is 14.3 Å². The van der Waals surface area contributed by atoms with E-state index in [9.17, 15) is 10.1 Å². The standard InChI is InChI=1S/C28H25BrIN3O3/c1-35-26-17-21(16-25(30)27(26)36-19-20-7-9-23(29)10-8-20)15-22(18-31)28(34)33-13-11-32(12-14-33)24-5-3-2-4-6-24/h2-10,15-17H,11-14,19H2,1H3/b22-15-. The van der Waals surface area contributed by atoms with Gasteiger partial charge in [-0.1, -0.05) is 46.3 Å². The molecule has 4 rings (SSSR count). The maximum atomic E-state index is 13.1. The predicted molar refractivity (Wildman–Crippen MR) is 153 cm³/mol. The van der Waals surface area contributed by atoms with Crippen LogP contribution in [0, 0.1) is 14.9 Å². The van der Waals surface area contributed by atoms with Crippen LogP contribution < -0.4 is 14.4 Å². The zero-order valence-corrected chi connectivity index (χ0v) is 23.5. The molecule has 1 saturated heterocycles. The molecule has 0 N–H and O–H groups in total. The SMILES string of the molecule is COc1cc(/C=C(/C#N)C(=O)N2CCN(c3ccccc3)CC2)cc(I)c1OCc1ccc(Br)cc1. The highest BCUT2D eigenvalue weighted by Gasteiger charge is 2.24. The fraction of sp³-hybridized carbons (Fsp3) is 0.214. The minimum atomic E-state index is -0.255. The Kier molecular flexibility index (Phi) is 8.88. The van der Waals surface area contributed by atoms with Crippen molar-refractivity contribution in [1.29, 1.82) is 5.26 Å². The van der Waals surface area contributed by atoms with Gasteiger partial charge in [0.15, 0.2) is 11.5 Å². The molecule has 8 heteroatoms. The first-order valence-electron chi connectivity index (χ1n) is 11.4. The summed E-state index contributed by atoms with van der Waals surface area (Å²) in [4.78, 5) is 17.1. The average Bonchev–Trinajstić information content (AvgIpc) is 2.92. The van der Waals surface area contributed by atoms with Crippen molar-refractivity contribution >= 4 is 56.2 Å². The van der Waals surface area contributed by atoms with Gasteiger partial charge in [0.2, 0.25) is 0 Å². The molecule has 0 spiro atoms. The van der Waals surface area contributed by atoms with E-state index in [0.717, 1.165) is 32.4 Å². The van der Waals surface area contributed by atoms with Crippen LogP contribution in [-0.2, 0) is 11.4 Å². The molecule has 3 aromatic carbocycles. The van der Waals surface area contributed by atoms with Crippen LogP contribution in [0.2, 0.25) is 0 Å². The van der Waals surface area contributed by atoms with Crippen LogP contribution >= 0.6 is 38.5 Å². The summed E-state index contributed by atoms with van der Waals surface area (Å²) in [5, 5.41) is 9.76. The summed E-state index contributed by atoms with van der Waals surface area (Å²) in [6.45, 7) is 2.98. The summed E-state index contributed by atoms with van der Waals surface area (Å²) in [6.07, 6.45) is 1.62. The van der Waals surface area contributed by atoms with Crippen molar-refractivity contribution in [3.8, 4) is 17.6 Å². The molecular formula is C28H25BrIN3O3. The molecule has 1 aliphatic heterocycles. The normalized spacial score (nSPS) is 13.8. The van der Waals surface area contributed by atoms with Crippen LogP contribution in [0.1, 0.15) is 11.1 Å². The molecule has 1 heterocycles. The number of methoxy groups -OCH3 is 1. The third kappa shape index (κ3) is 6.39. The number of nitrogens with zero attached hydrogens (tertiary/aromatic N) is 3. The largest absolute Gasteiger partial charge is 0.493 e. The second-order valence-corrected chi connectivity index (χ2v) is 10.3. The van der Waals surface area contributed by atoms with E-state index in [-0.39, 0.29) is 11.5 Å². The average molecular weight is 658 g/mol. The third-order valence-electron chi connectivity index (χ3n) is 5.90. The van der Waals surface area contributed by atoms with Gasteiger partial charge in [-0.2, -0.15) is 5.26 Å². The van der Waals surface area contributed by atoms with Crippen molar-refractivity contribution in [3.05, 3.63) is 91.5 Å². The van der Waals surface area contributed by atoms with E-state index in [4.69, 9.17) is 9.47 Å². The van der Waals surface area contributed by atoms with Gasteiger partial charge in [-0.15, -0.1) is 0 Å². The number of halogens is 2. The molecule has 3 aromatic rings.